The molecule has 9 heteroatoms. The summed E-state index contributed by atoms with van der Waals surface area (Å²) in [7, 11) is 0. The molecule has 1 saturated heterocycles. The van der Waals surface area contributed by atoms with E-state index in [0.717, 1.165) is 11.8 Å². The molecule has 0 spiro atoms. The largest absolute Gasteiger partial charge is 0.494 e. The average molecular weight is 496 g/mol. The van der Waals surface area contributed by atoms with Crippen molar-refractivity contribution in [3.63, 3.8) is 0 Å². The fraction of sp³-hybridized carbons (Fsp3) is 0.280. The predicted octanol–water partition coefficient (Wildman–Crippen LogP) is 4.30. The molecule has 7 nitrogen and oxygen atoms in total. The van der Waals surface area contributed by atoms with Crippen LogP contribution in [0.1, 0.15) is 26.3 Å². The van der Waals surface area contributed by atoms with Gasteiger partial charge in [0.05, 0.1) is 22.8 Å². The van der Waals surface area contributed by atoms with E-state index in [4.69, 9.17) is 17.0 Å². The number of rotatable bonds is 7. The van der Waals surface area contributed by atoms with Gasteiger partial charge in [0.25, 0.3) is 11.8 Å². The van der Waals surface area contributed by atoms with E-state index >= 15 is 0 Å². The lowest BCUT2D eigenvalue weighted by Crippen LogP contribution is -2.36. The molecule has 34 heavy (non-hydrogen) atoms. The summed E-state index contributed by atoms with van der Waals surface area (Å²) in [5.41, 5.74) is 2.13. The van der Waals surface area contributed by atoms with E-state index in [2.05, 4.69) is 5.32 Å². The Morgan fingerprint density at radius 2 is 1.76 bits per heavy atom. The van der Waals surface area contributed by atoms with Crippen LogP contribution in [0.25, 0.3) is 5.57 Å². The van der Waals surface area contributed by atoms with E-state index in [1.165, 1.54) is 4.90 Å². The molecule has 2 aliphatic rings. The Morgan fingerprint density at radius 3 is 2.44 bits per heavy atom. The molecule has 0 aromatic heterocycles. The van der Waals surface area contributed by atoms with Crippen LogP contribution in [-0.4, -0.2) is 46.6 Å². The van der Waals surface area contributed by atoms with Crippen molar-refractivity contribution < 1.29 is 19.1 Å². The maximum atomic E-state index is 13.5. The van der Waals surface area contributed by atoms with Gasteiger partial charge in [0.15, 0.2) is 0 Å². The second kappa shape index (κ2) is 9.99. The van der Waals surface area contributed by atoms with E-state index in [-0.39, 0.29) is 30.2 Å². The van der Waals surface area contributed by atoms with Gasteiger partial charge in [-0.15, -0.1) is 0 Å². The number of carbonyl (C=O) groups is 3. The summed E-state index contributed by atoms with van der Waals surface area (Å²) < 4.78 is 5.86. The Kier molecular flexibility index (Phi) is 7.04. The maximum Gasteiger partial charge on any atom is 0.267 e. The first-order valence-corrected chi connectivity index (χ1v) is 12.2. The lowest BCUT2D eigenvalue weighted by molar-refractivity contribution is -0.122. The van der Waals surface area contributed by atoms with Crippen molar-refractivity contribution in [1.29, 1.82) is 0 Å². The maximum absolute atomic E-state index is 13.5. The van der Waals surface area contributed by atoms with E-state index < -0.39 is 0 Å². The van der Waals surface area contributed by atoms with Gasteiger partial charge in [0, 0.05) is 17.8 Å². The van der Waals surface area contributed by atoms with Gasteiger partial charge < -0.3 is 10.1 Å². The SMILES string of the molecule is CCOc1ccc(NC(=O)CN2C(=O)/C(=C3\SC(=S)N(CC(C)C)C3=O)c3ccccc32)cc1. The summed E-state index contributed by atoms with van der Waals surface area (Å²) in [6, 6.07) is 14.2. The zero-order valence-corrected chi connectivity index (χ0v) is 20.8. The van der Waals surface area contributed by atoms with Crippen LogP contribution < -0.4 is 15.0 Å². The molecule has 1 N–H and O–H groups in total. The van der Waals surface area contributed by atoms with Crippen LogP contribution in [0.3, 0.4) is 0 Å². The van der Waals surface area contributed by atoms with Gasteiger partial charge in [-0.1, -0.05) is 56.0 Å². The summed E-state index contributed by atoms with van der Waals surface area (Å²) in [5.74, 6) is -0.0404. The Morgan fingerprint density at radius 1 is 1.06 bits per heavy atom. The molecule has 1 fully saturated rings. The lowest BCUT2D eigenvalue weighted by Gasteiger charge is -2.17. The molecule has 176 valence electrons. The standard InChI is InChI=1S/C25H25N3O4S2/c1-4-32-17-11-9-16(10-12-17)26-20(29)14-27-19-8-6-5-7-18(19)21(23(27)30)22-24(31)28(13-15(2)3)25(33)34-22/h5-12,15H,4,13-14H2,1-3H3,(H,26,29)/b22-21-. The average Bonchev–Trinajstić information content (AvgIpc) is 3.22. The summed E-state index contributed by atoms with van der Waals surface area (Å²) in [6.45, 7) is 6.78. The zero-order valence-electron chi connectivity index (χ0n) is 19.2. The highest BCUT2D eigenvalue weighted by atomic mass is 32.2. The molecule has 0 atom stereocenters. The number of ether oxygens (including phenoxy) is 1. The highest BCUT2D eigenvalue weighted by Crippen LogP contribution is 2.44. The number of thioether (sulfide) groups is 1. The zero-order chi connectivity index (χ0) is 24.4. The van der Waals surface area contributed by atoms with Crippen molar-refractivity contribution in [2.24, 2.45) is 5.92 Å². The number of nitrogens with zero attached hydrogens (tertiary/aromatic N) is 2. The van der Waals surface area contributed by atoms with E-state index in [1.807, 2.05) is 26.8 Å². The topological polar surface area (TPSA) is 79.0 Å². The number of amides is 3. The Bertz CT molecular complexity index is 1190. The molecule has 0 saturated carbocycles. The number of nitrogens with one attached hydrogen (secondary N) is 1. The van der Waals surface area contributed by atoms with Crippen LogP contribution in [0.5, 0.6) is 5.75 Å². The van der Waals surface area contributed by atoms with Gasteiger partial charge in [-0.2, -0.15) is 0 Å². The smallest absolute Gasteiger partial charge is 0.267 e. The monoisotopic (exact) mass is 495 g/mol. The first-order valence-electron chi connectivity index (χ1n) is 11.0. The molecular weight excluding hydrogens is 470 g/mol. The number of anilines is 2. The van der Waals surface area contributed by atoms with Crippen molar-refractivity contribution in [2.45, 2.75) is 20.8 Å². The number of benzene rings is 2. The third kappa shape index (κ3) is 4.71. The third-order valence-electron chi connectivity index (χ3n) is 5.30. The van der Waals surface area contributed by atoms with Crippen LogP contribution >= 0.6 is 24.0 Å². The van der Waals surface area contributed by atoms with Gasteiger partial charge in [0.1, 0.15) is 16.6 Å². The van der Waals surface area contributed by atoms with Crippen LogP contribution in [-0.2, 0) is 14.4 Å². The van der Waals surface area contributed by atoms with E-state index in [0.29, 0.717) is 50.6 Å². The number of para-hydroxylation sites is 1. The summed E-state index contributed by atoms with van der Waals surface area (Å²) in [4.78, 5) is 42.7. The number of carbonyl (C=O) groups excluding carboxylic acids is 3. The van der Waals surface area contributed by atoms with Crippen LogP contribution in [0.2, 0.25) is 0 Å². The first-order chi connectivity index (χ1) is 16.3. The van der Waals surface area contributed by atoms with Crippen LogP contribution in [0.4, 0.5) is 11.4 Å². The molecular formula is C25H25N3O4S2. The Balaban J connectivity index is 1.58. The Labute approximate surface area is 208 Å². The van der Waals surface area contributed by atoms with Gasteiger partial charge in [-0.25, -0.2) is 0 Å². The van der Waals surface area contributed by atoms with Crippen LogP contribution in [0, 0.1) is 5.92 Å². The lowest BCUT2D eigenvalue weighted by atomic mass is 10.1. The number of thiocarbonyl (C=S) groups is 1. The van der Waals surface area contributed by atoms with Crippen molar-refractivity contribution in [2.75, 3.05) is 29.9 Å². The fourth-order valence-corrected chi connectivity index (χ4v) is 5.22. The van der Waals surface area contributed by atoms with E-state index in [1.54, 1.807) is 47.4 Å². The van der Waals surface area contributed by atoms with Gasteiger partial charge in [0.2, 0.25) is 5.91 Å². The number of hydrogen-bond acceptors (Lipinski definition) is 6. The predicted molar refractivity (Wildman–Crippen MR) is 139 cm³/mol. The molecule has 4 rings (SSSR count). The van der Waals surface area contributed by atoms with Crippen molar-refractivity contribution in [3.8, 4) is 5.75 Å². The normalized spacial score (nSPS) is 17.6. The van der Waals surface area contributed by atoms with Gasteiger partial charge in [-0.05, 0) is 43.2 Å². The molecule has 0 unspecified atom stereocenters. The highest BCUT2D eigenvalue weighted by molar-refractivity contribution is 8.26. The van der Waals surface area contributed by atoms with Crippen molar-refractivity contribution in [1.82, 2.24) is 4.90 Å². The van der Waals surface area contributed by atoms with E-state index in [9.17, 15) is 14.4 Å². The minimum atomic E-state index is -0.381. The second-order valence-electron chi connectivity index (χ2n) is 8.30. The molecule has 2 aromatic rings. The molecule has 0 bridgehead atoms. The fourth-order valence-electron chi connectivity index (χ4n) is 3.87. The Hall–Kier alpha value is -3.17. The minimum Gasteiger partial charge on any atom is -0.494 e. The van der Waals surface area contributed by atoms with Gasteiger partial charge >= 0.3 is 0 Å². The van der Waals surface area contributed by atoms with Crippen molar-refractivity contribution in [3.05, 3.63) is 59.0 Å². The molecule has 2 aromatic carbocycles. The number of hydrogen-bond donors (Lipinski definition) is 1. The molecule has 0 aliphatic carbocycles. The van der Waals surface area contributed by atoms with Gasteiger partial charge in [-0.3, -0.25) is 24.2 Å². The quantitative estimate of drug-likeness (QED) is 0.456. The molecule has 2 aliphatic heterocycles. The molecule has 2 heterocycles. The summed E-state index contributed by atoms with van der Waals surface area (Å²) >= 11 is 6.56. The summed E-state index contributed by atoms with van der Waals surface area (Å²) in [5, 5.41) is 2.81. The molecule has 3 amide bonds. The second-order valence-corrected chi connectivity index (χ2v) is 9.94. The first kappa shape index (κ1) is 24.0. The number of fused-ring (bicyclic) bond motifs is 1. The minimum absolute atomic E-state index is 0.182. The highest BCUT2D eigenvalue weighted by Gasteiger charge is 2.42. The third-order valence-corrected chi connectivity index (χ3v) is 6.75. The van der Waals surface area contributed by atoms with Crippen LogP contribution in [0.15, 0.2) is 53.4 Å². The molecule has 0 radical (unpaired) electrons. The van der Waals surface area contributed by atoms with Crippen molar-refractivity contribution >= 4 is 63.0 Å². The summed E-state index contributed by atoms with van der Waals surface area (Å²) in [6.07, 6.45) is 0.